The van der Waals surface area contributed by atoms with Gasteiger partial charge in [-0.25, -0.2) is 4.79 Å². The number of nitrogens with one attached hydrogen (secondary N) is 1. The van der Waals surface area contributed by atoms with Crippen LogP contribution in [0.4, 0.5) is 0 Å². The van der Waals surface area contributed by atoms with Crippen LogP contribution in [0.1, 0.15) is 15.9 Å². The molecule has 0 aliphatic carbocycles. The molecular formula is C21H23NO7. The van der Waals surface area contributed by atoms with Gasteiger partial charge in [-0.2, -0.15) is 0 Å². The monoisotopic (exact) mass is 401 g/mol. The van der Waals surface area contributed by atoms with E-state index in [0.29, 0.717) is 43.4 Å². The van der Waals surface area contributed by atoms with E-state index in [-0.39, 0.29) is 18.1 Å². The van der Waals surface area contributed by atoms with Crippen LogP contribution in [0.2, 0.25) is 0 Å². The zero-order chi connectivity index (χ0) is 20.6. The maximum atomic E-state index is 12.2. The first kappa shape index (κ1) is 20.3. The molecule has 154 valence electrons. The zero-order valence-electron chi connectivity index (χ0n) is 16.4. The van der Waals surface area contributed by atoms with Crippen LogP contribution in [-0.2, 0) is 16.0 Å². The summed E-state index contributed by atoms with van der Waals surface area (Å²) in [7, 11) is 2.96. The lowest BCUT2D eigenvalue weighted by Gasteiger charge is -2.18. The van der Waals surface area contributed by atoms with E-state index in [0.717, 1.165) is 11.3 Å². The molecule has 1 heterocycles. The Hall–Kier alpha value is -3.42. The van der Waals surface area contributed by atoms with Gasteiger partial charge in [-0.05, 0) is 36.2 Å². The van der Waals surface area contributed by atoms with Gasteiger partial charge >= 0.3 is 5.97 Å². The number of rotatable bonds is 8. The Kier molecular flexibility index (Phi) is 6.78. The number of hydrogen-bond donors (Lipinski definition) is 1. The lowest BCUT2D eigenvalue weighted by atomic mass is 10.1. The molecule has 1 amide bonds. The summed E-state index contributed by atoms with van der Waals surface area (Å²) in [6.07, 6.45) is 0.614. The summed E-state index contributed by atoms with van der Waals surface area (Å²) in [5.74, 6) is 1.27. The van der Waals surface area contributed by atoms with Crippen molar-refractivity contribution in [3.05, 3.63) is 47.5 Å². The maximum Gasteiger partial charge on any atom is 0.342 e. The Morgan fingerprint density at radius 3 is 2.55 bits per heavy atom. The van der Waals surface area contributed by atoms with Crippen LogP contribution in [0.3, 0.4) is 0 Å². The molecule has 29 heavy (non-hydrogen) atoms. The fraction of sp³-hybridized carbons (Fsp3) is 0.333. The van der Waals surface area contributed by atoms with E-state index in [1.165, 1.54) is 20.3 Å². The normalized spacial score (nSPS) is 12.1. The summed E-state index contributed by atoms with van der Waals surface area (Å²) in [6.45, 7) is 1.10. The van der Waals surface area contributed by atoms with Crippen LogP contribution in [0, 0.1) is 0 Å². The van der Waals surface area contributed by atoms with Gasteiger partial charge in [0.2, 0.25) is 0 Å². The van der Waals surface area contributed by atoms with Gasteiger partial charge in [0.25, 0.3) is 5.91 Å². The molecule has 0 saturated heterocycles. The number of benzene rings is 2. The Morgan fingerprint density at radius 2 is 1.79 bits per heavy atom. The molecule has 2 aromatic rings. The van der Waals surface area contributed by atoms with Crippen molar-refractivity contribution in [1.29, 1.82) is 0 Å². The number of ether oxygens (including phenoxy) is 5. The van der Waals surface area contributed by atoms with E-state index in [1.54, 1.807) is 12.1 Å². The molecule has 1 aliphatic rings. The van der Waals surface area contributed by atoms with E-state index < -0.39 is 5.97 Å². The van der Waals surface area contributed by atoms with Gasteiger partial charge in [-0.1, -0.05) is 6.07 Å². The number of hydrogen-bond acceptors (Lipinski definition) is 7. The lowest BCUT2D eigenvalue weighted by molar-refractivity contribution is -0.124. The first-order valence-electron chi connectivity index (χ1n) is 9.15. The Balaban J connectivity index is 1.45. The number of amides is 1. The third-order valence-corrected chi connectivity index (χ3v) is 4.31. The predicted molar refractivity (Wildman–Crippen MR) is 104 cm³/mol. The third kappa shape index (κ3) is 5.31. The first-order valence-corrected chi connectivity index (χ1v) is 9.15. The lowest BCUT2D eigenvalue weighted by Crippen LogP contribution is -2.30. The number of carbonyl (C=O) groups excluding carboxylic acids is 2. The van der Waals surface area contributed by atoms with Gasteiger partial charge in [-0.15, -0.1) is 0 Å². The number of esters is 1. The fourth-order valence-electron chi connectivity index (χ4n) is 2.82. The Labute approximate surface area is 168 Å². The Bertz CT molecular complexity index is 881. The molecule has 0 aromatic heterocycles. The minimum absolute atomic E-state index is 0.220. The van der Waals surface area contributed by atoms with Crippen molar-refractivity contribution in [1.82, 2.24) is 5.32 Å². The smallest absolute Gasteiger partial charge is 0.342 e. The van der Waals surface area contributed by atoms with Crippen molar-refractivity contribution in [2.24, 2.45) is 0 Å². The highest BCUT2D eigenvalue weighted by Gasteiger charge is 2.16. The van der Waals surface area contributed by atoms with Crippen LogP contribution in [0.5, 0.6) is 23.0 Å². The molecule has 1 aliphatic heterocycles. The van der Waals surface area contributed by atoms with E-state index in [4.69, 9.17) is 23.7 Å². The van der Waals surface area contributed by atoms with Crippen molar-refractivity contribution in [3.63, 3.8) is 0 Å². The van der Waals surface area contributed by atoms with Crippen LogP contribution < -0.4 is 24.3 Å². The van der Waals surface area contributed by atoms with Crippen LogP contribution >= 0.6 is 0 Å². The molecule has 0 bridgehead atoms. The zero-order valence-corrected chi connectivity index (χ0v) is 16.4. The molecule has 8 heteroatoms. The molecule has 1 N–H and O–H groups in total. The summed E-state index contributed by atoms with van der Waals surface area (Å²) >= 11 is 0. The van der Waals surface area contributed by atoms with Crippen molar-refractivity contribution < 1.29 is 33.3 Å². The minimum atomic E-state index is -0.647. The molecule has 0 unspecified atom stereocenters. The van der Waals surface area contributed by atoms with Gasteiger partial charge in [0.15, 0.2) is 18.1 Å². The summed E-state index contributed by atoms with van der Waals surface area (Å²) in [5, 5.41) is 2.73. The second-order valence-corrected chi connectivity index (χ2v) is 6.22. The van der Waals surface area contributed by atoms with E-state index in [9.17, 15) is 9.59 Å². The van der Waals surface area contributed by atoms with Crippen molar-refractivity contribution in [3.8, 4) is 23.0 Å². The maximum absolute atomic E-state index is 12.2. The average Bonchev–Trinajstić information content (AvgIpc) is 2.76. The largest absolute Gasteiger partial charge is 0.497 e. The van der Waals surface area contributed by atoms with Crippen LogP contribution in [0.15, 0.2) is 36.4 Å². The van der Waals surface area contributed by atoms with Crippen LogP contribution in [0.25, 0.3) is 0 Å². The fourth-order valence-corrected chi connectivity index (χ4v) is 2.82. The standard InChI is InChI=1S/C21H23NO7/c1-25-15-4-5-16(18(12-15)26-2)21(24)29-13-20(23)22-8-7-14-3-6-17-19(11-14)28-10-9-27-17/h3-6,11-12H,7-10,13H2,1-2H3,(H,22,23). The predicted octanol–water partition coefficient (Wildman–Crippen LogP) is 1.99. The topological polar surface area (TPSA) is 92.3 Å². The molecule has 0 spiro atoms. The molecule has 0 radical (unpaired) electrons. The minimum Gasteiger partial charge on any atom is -0.497 e. The number of carbonyl (C=O) groups is 2. The van der Waals surface area contributed by atoms with Gasteiger partial charge in [0.1, 0.15) is 30.3 Å². The van der Waals surface area contributed by atoms with Gasteiger partial charge in [0.05, 0.1) is 14.2 Å². The van der Waals surface area contributed by atoms with Crippen molar-refractivity contribution in [2.75, 3.05) is 40.6 Å². The Morgan fingerprint density at radius 1 is 1.00 bits per heavy atom. The SMILES string of the molecule is COc1ccc(C(=O)OCC(=O)NCCc2ccc3c(c2)OCCO3)c(OC)c1. The average molecular weight is 401 g/mol. The number of fused-ring (bicyclic) bond motifs is 1. The van der Waals surface area contributed by atoms with Gasteiger partial charge < -0.3 is 29.0 Å². The highest BCUT2D eigenvalue weighted by Crippen LogP contribution is 2.30. The quantitative estimate of drug-likeness (QED) is 0.676. The molecule has 3 rings (SSSR count). The third-order valence-electron chi connectivity index (χ3n) is 4.31. The molecule has 0 atom stereocenters. The van der Waals surface area contributed by atoms with Crippen LogP contribution in [-0.4, -0.2) is 52.5 Å². The van der Waals surface area contributed by atoms with Crippen molar-refractivity contribution >= 4 is 11.9 Å². The van der Waals surface area contributed by atoms with E-state index in [1.807, 2.05) is 18.2 Å². The highest BCUT2D eigenvalue weighted by molar-refractivity contribution is 5.94. The summed E-state index contributed by atoms with van der Waals surface area (Å²) in [6, 6.07) is 10.4. The van der Waals surface area contributed by atoms with E-state index >= 15 is 0 Å². The number of methoxy groups -OCH3 is 2. The second-order valence-electron chi connectivity index (χ2n) is 6.22. The van der Waals surface area contributed by atoms with E-state index in [2.05, 4.69) is 5.32 Å². The molecular weight excluding hydrogens is 378 g/mol. The van der Waals surface area contributed by atoms with Gasteiger partial charge in [-0.3, -0.25) is 4.79 Å². The first-order chi connectivity index (χ1) is 14.1. The molecule has 8 nitrogen and oxygen atoms in total. The van der Waals surface area contributed by atoms with Gasteiger partial charge in [0, 0.05) is 12.6 Å². The molecule has 2 aromatic carbocycles. The highest BCUT2D eigenvalue weighted by atomic mass is 16.6. The second kappa shape index (κ2) is 9.68. The molecule has 0 saturated carbocycles. The summed E-state index contributed by atoms with van der Waals surface area (Å²) < 4.78 is 26.4. The van der Waals surface area contributed by atoms with Crippen molar-refractivity contribution in [2.45, 2.75) is 6.42 Å². The summed E-state index contributed by atoms with van der Waals surface area (Å²) in [4.78, 5) is 24.2. The summed E-state index contributed by atoms with van der Waals surface area (Å²) in [5.41, 5.74) is 1.23. The molecule has 0 fully saturated rings.